The zero-order chi connectivity index (χ0) is 14.4. The molecular formula is C17H22N2O. The Morgan fingerprint density at radius 3 is 2.50 bits per heavy atom. The zero-order valence-corrected chi connectivity index (χ0v) is 12.2. The van der Waals surface area contributed by atoms with Crippen LogP contribution in [0.15, 0.2) is 47.4 Å². The van der Waals surface area contributed by atoms with Gasteiger partial charge in [-0.15, -0.1) is 0 Å². The van der Waals surface area contributed by atoms with Crippen molar-refractivity contribution in [2.75, 3.05) is 5.32 Å². The summed E-state index contributed by atoms with van der Waals surface area (Å²) >= 11 is 0. The third-order valence-electron chi connectivity index (χ3n) is 3.43. The van der Waals surface area contributed by atoms with Crippen molar-refractivity contribution in [2.45, 2.75) is 39.8 Å². The molecule has 3 nitrogen and oxygen atoms in total. The molecule has 0 spiro atoms. The first-order chi connectivity index (χ1) is 9.74. The van der Waals surface area contributed by atoms with Gasteiger partial charge in [0.25, 0.3) is 5.56 Å². The second-order valence-corrected chi connectivity index (χ2v) is 4.93. The molecule has 0 amide bonds. The van der Waals surface area contributed by atoms with Gasteiger partial charge in [-0.1, -0.05) is 38.1 Å². The minimum absolute atomic E-state index is 0.0614. The quantitative estimate of drug-likeness (QED) is 0.872. The lowest BCUT2D eigenvalue weighted by Gasteiger charge is -2.12. The largest absolute Gasteiger partial charge is 0.380 e. The van der Waals surface area contributed by atoms with E-state index in [0.29, 0.717) is 0 Å². The van der Waals surface area contributed by atoms with Gasteiger partial charge >= 0.3 is 0 Å². The molecule has 0 saturated heterocycles. The van der Waals surface area contributed by atoms with Gasteiger partial charge in [0.05, 0.1) is 5.69 Å². The van der Waals surface area contributed by atoms with Crippen molar-refractivity contribution in [3.63, 3.8) is 0 Å². The van der Waals surface area contributed by atoms with Gasteiger partial charge in [-0.3, -0.25) is 4.79 Å². The maximum Gasteiger partial charge on any atom is 0.250 e. The first-order valence-corrected chi connectivity index (χ1v) is 7.25. The lowest BCUT2D eigenvalue weighted by atomic mass is 10.1. The molecule has 0 unspecified atom stereocenters. The molecule has 2 aromatic rings. The molecule has 0 radical (unpaired) electrons. The normalized spacial score (nSPS) is 10.5. The van der Waals surface area contributed by atoms with E-state index in [2.05, 4.69) is 43.4 Å². The molecule has 1 aromatic heterocycles. The number of anilines is 1. The van der Waals surface area contributed by atoms with Crippen LogP contribution in [0.3, 0.4) is 0 Å². The lowest BCUT2D eigenvalue weighted by molar-refractivity contribution is 0.655. The highest BCUT2D eigenvalue weighted by molar-refractivity contribution is 5.42. The predicted molar refractivity (Wildman–Crippen MR) is 84.1 cm³/mol. The van der Waals surface area contributed by atoms with Crippen molar-refractivity contribution in [1.82, 2.24) is 4.57 Å². The highest BCUT2D eigenvalue weighted by atomic mass is 16.1. The van der Waals surface area contributed by atoms with Gasteiger partial charge in [0, 0.05) is 25.4 Å². The van der Waals surface area contributed by atoms with E-state index in [-0.39, 0.29) is 5.56 Å². The summed E-state index contributed by atoms with van der Waals surface area (Å²) in [5.41, 5.74) is 3.72. The van der Waals surface area contributed by atoms with Gasteiger partial charge in [0.1, 0.15) is 0 Å². The average Bonchev–Trinajstić information content (AvgIpc) is 2.48. The van der Waals surface area contributed by atoms with Crippen LogP contribution in [-0.2, 0) is 19.5 Å². The Morgan fingerprint density at radius 1 is 1.05 bits per heavy atom. The molecule has 20 heavy (non-hydrogen) atoms. The molecule has 3 heteroatoms. The number of hydrogen-bond acceptors (Lipinski definition) is 2. The predicted octanol–water partition coefficient (Wildman–Crippen LogP) is 3.43. The summed E-state index contributed by atoms with van der Waals surface area (Å²) in [7, 11) is 0. The Bertz CT molecular complexity index is 616. The minimum Gasteiger partial charge on any atom is -0.380 e. The summed E-state index contributed by atoms with van der Waals surface area (Å²) in [6, 6.07) is 11.9. The molecule has 106 valence electrons. The topological polar surface area (TPSA) is 34.0 Å². The third kappa shape index (κ3) is 3.50. The number of aryl methyl sites for hydroxylation is 2. The molecule has 2 rings (SSSR count). The number of hydrogen-bond donors (Lipinski definition) is 1. The summed E-state index contributed by atoms with van der Waals surface area (Å²) in [4.78, 5) is 11.7. The van der Waals surface area contributed by atoms with Gasteiger partial charge < -0.3 is 9.88 Å². The summed E-state index contributed by atoms with van der Waals surface area (Å²) in [6.07, 6.45) is 3.90. The van der Waals surface area contributed by atoms with Gasteiger partial charge in [0.15, 0.2) is 0 Å². The van der Waals surface area contributed by atoms with Crippen molar-refractivity contribution in [2.24, 2.45) is 0 Å². The third-order valence-corrected chi connectivity index (χ3v) is 3.43. The first kappa shape index (κ1) is 14.4. The Labute approximate surface area is 120 Å². The Kier molecular flexibility index (Phi) is 4.99. The van der Waals surface area contributed by atoms with Gasteiger partial charge in [-0.25, -0.2) is 0 Å². The molecule has 0 saturated carbocycles. The number of aromatic nitrogens is 1. The van der Waals surface area contributed by atoms with Crippen LogP contribution in [-0.4, -0.2) is 4.57 Å². The molecule has 0 aliphatic rings. The van der Waals surface area contributed by atoms with Gasteiger partial charge in [-0.05, 0) is 30.0 Å². The number of nitrogens with one attached hydrogen (secondary N) is 1. The molecular weight excluding hydrogens is 248 g/mol. The fourth-order valence-electron chi connectivity index (χ4n) is 2.32. The fourth-order valence-corrected chi connectivity index (χ4v) is 2.32. The number of pyridine rings is 1. The van der Waals surface area contributed by atoms with Gasteiger partial charge in [0.2, 0.25) is 0 Å². The second kappa shape index (κ2) is 6.94. The van der Waals surface area contributed by atoms with Crippen LogP contribution in [0.25, 0.3) is 0 Å². The highest BCUT2D eigenvalue weighted by Crippen LogP contribution is 2.12. The fraction of sp³-hybridized carbons (Fsp3) is 0.353. The van der Waals surface area contributed by atoms with Gasteiger partial charge in [-0.2, -0.15) is 0 Å². The lowest BCUT2D eigenvalue weighted by Crippen LogP contribution is -2.18. The molecule has 0 aliphatic carbocycles. The maximum atomic E-state index is 11.7. The standard InChI is InChI=1S/C17H22N2O/c1-3-11-19-13-16(9-10-17(19)20)18-12-15-8-6-5-7-14(15)4-2/h5-10,13,18H,3-4,11-12H2,1-2H3. The second-order valence-electron chi connectivity index (χ2n) is 4.93. The zero-order valence-electron chi connectivity index (χ0n) is 12.2. The van der Waals surface area contributed by atoms with E-state index in [9.17, 15) is 4.79 Å². The van der Waals surface area contributed by atoms with Crippen molar-refractivity contribution in [3.05, 3.63) is 64.1 Å². The first-order valence-electron chi connectivity index (χ1n) is 7.25. The maximum absolute atomic E-state index is 11.7. The smallest absolute Gasteiger partial charge is 0.250 e. The Morgan fingerprint density at radius 2 is 1.80 bits per heavy atom. The highest BCUT2D eigenvalue weighted by Gasteiger charge is 2.01. The van der Waals surface area contributed by atoms with Crippen molar-refractivity contribution in [1.29, 1.82) is 0 Å². The van der Waals surface area contributed by atoms with Crippen LogP contribution < -0.4 is 10.9 Å². The van der Waals surface area contributed by atoms with E-state index in [1.54, 1.807) is 10.6 Å². The summed E-state index contributed by atoms with van der Waals surface area (Å²) in [5.74, 6) is 0. The number of nitrogens with zero attached hydrogens (tertiary/aromatic N) is 1. The summed E-state index contributed by atoms with van der Waals surface area (Å²) in [5, 5.41) is 3.40. The molecule has 1 aromatic carbocycles. The molecule has 1 N–H and O–H groups in total. The average molecular weight is 270 g/mol. The van der Waals surface area contributed by atoms with E-state index < -0.39 is 0 Å². The summed E-state index contributed by atoms with van der Waals surface area (Å²) < 4.78 is 1.76. The molecule has 0 bridgehead atoms. The van der Waals surface area contributed by atoms with Crippen LogP contribution in [0.1, 0.15) is 31.4 Å². The SMILES string of the molecule is CCCn1cc(NCc2ccccc2CC)ccc1=O. The van der Waals surface area contributed by atoms with Crippen LogP contribution in [0.5, 0.6) is 0 Å². The van der Waals surface area contributed by atoms with Crippen molar-refractivity contribution < 1.29 is 0 Å². The van der Waals surface area contributed by atoms with E-state index in [1.807, 2.05) is 12.3 Å². The van der Waals surface area contributed by atoms with E-state index in [4.69, 9.17) is 0 Å². The Hall–Kier alpha value is -2.03. The van der Waals surface area contributed by atoms with Crippen molar-refractivity contribution >= 4 is 5.69 Å². The van der Waals surface area contributed by atoms with Crippen LogP contribution in [0.4, 0.5) is 5.69 Å². The van der Waals surface area contributed by atoms with Crippen LogP contribution in [0.2, 0.25) is 0 Å². The molecule has 0 aliphatic heterocycles. The van der Waals surface area contributed by atoms with E-state index >= 15 is 0 Å². The Balaban J connectivity index is 2.11. The summed E-state index contributed by atoms with van der Waals surface area (Å²) in [6.45, 7) is 5.79. The number of rotatable bonds is 6. The molecule has 1 heterocycles. The molecule has 0 atom stereocenters. The molecule has 0 fully saturated rings. The van der Waals surface area contributed by atoms with Crippen LogP contribution >= 0.6 is 0 Å². The van der Waals surface area contributed by atoms with E-state index in [0.717, 1.165) is 31.6 Å². The van der Waals surface area contributed by atoms with Crippen molar-refractivity contribution in [3.8, 4) is 0 Å². The minimum atomic E-state index is 0.0614. The monoisotopic (exact) mass is 270 g/mol. The number of benzene rings is 1. The van der Waals surface area contributed by atoms with E-state index in [1.165, 1.54) is 11.1 Å². The van der Waals surface area contributed by atoms with Crippen LogP contribution in [0, 0.1) is 0 Å².